The lowest BCUT2D eigenvalue weighted by molar-refractivity contribution is 0.0746. The summed E-state index contributed by atoms with van der Waals surface area (Å²) in [5.41, 5.74) is 1.98. The first kappa shape index (κ1) is 21.2. The van der Waals surface area contributed by atoms with Gasteiger partial charge in [-0.25, -0.2) is 13.6 Å². The quantitative estimate of drug-likeness (QED) is 0.620. The van der Waals surface area contributed by atoms with Crippen molar-refractivity contribution in [2.75, 3.05) is 6.54 Å². The van der Waals surface area contributed by atoms with Gasteiger partial charge in [-0.3, -0.25) is 4.79 Å². The van der Waals surface area contributed by atoms with Gasteiger partial charge >= 0.3 is 0 Å². The smallest absolute Gasteiger partial charge is 0.254 e. The Balaban J connectivity index is 1.88. The number of hydrogen-bond acceptors (Lipinski definition) is 4. The van der Waals surface area contributed by atoms with Crippen molar-refractivity contribution in [2.45, 2.75) is 31.7 Å². The van der Waals surface area contributed by atoms with E-state index in [1.54, 1.807) is 35.3 Å². The van der Waals surface area contributed by atoms with Gasteiger partial charge in [-0.05, 0) is 55.7 Å². The number of carbonyl (C=O) groups excluding carboxylic acids is 1. The van der Waals surface area contributed by atoms with Crippen molar-refractivity contribution < 1.29 is 13.2 Å². The SMILES string of the molecule is Cc1ccc(CN(CCc2ccccc2)C(=O)c2ccc(C)c(S(N)(=O)=O)c2)s1. The summed E-state index contributed by atoms with van der Waals surface area (Å²) in [5.74, 6) is -0.211. The molecule has 5 nitrogen and oxygen atoms in total. The molecule has 1 amide bonds. The second-order valence-corrected chi connectivity index (χ2v) is 9.90. The summed E-state index contributed by atoms with van der Waals surface area (Å²) in [6.07, 6.45) is 0.713. The molecule has 1 heterocycles. The predicted octanol–water partition coefficient (Wildman–Crippen LogP) is 3.90. The van der Waals surface area contributed by atoms with Crippen molar-refractivity contribution in [3.8, 4) is 0 Å². The molecule has 0 unspecified atom stereocenters. The predicted molar refractivity (Wildman–Crippen MR) is 116 cm³/mol. The second kappa shape index (κ2) is 8.90. The van der Waals surface area contributed by atoms with Crippen molar-refractivity contribution in [1.82, 2.24) is 4.90 Å². The molecule has 2 N–H and O–H groups in total. The van der Waals surface area contributed by atoms with Crippen LogP contribution < -0.4 is 5.14 Å². The third-order valence-electron chi connectivity index (χ3n) is 4.68. The highest BCUT2D eigenvalue weighted by molar-refractivity contribution is 7.89. The number of hydrogen-bond donors (Lipinski definition) is 1. The first-order valence-corrected chi connectivity index (χ1v) is 11.6. The highest BCUT2D eigenvalue weighted by Crippen LogP contribution is 2.21. The van der Waals surface area contributed by atoms with E-state index in [-0.39, 0.29) is 10.8 Å². The standard InChI is InChI=1S/C22H24N2O3S2/c1-16-8-10-19(14-21(16)29(23,26)27)22(25)24(15-20-11-9-17(2)28-20)13-12-18-6-4-3-5-7-18/h3-11,14H,12-13,15H2,1-2H3,(H2,23,26,27). The van der Waals surface area contributed by atoms with Gasteiger partial charge in [0.1, 0.15) is 0 Å². The molecule has 0 aliphatic heterocycles. The fraction of sp³-hybridized carbons (Fsp3) is 0.227. The van der Waals surface area contributed by atoms with Crippen molar-refractivity contribution in [3.05, 3.63) is 87.1 Å². The Labute approximate surface area is 175 Å². The number of primary sulfonamides is 1. The Bertz CT molecular complexity index is 1110. The number of sulfonamides is 1. The van der Waals surface area contributed by atoms with Gasteiger partial charge in [0.15, 0.2) is 0 Å². The number of nitrogens with zero attached hydrogens (tertiary/aromatic N) is 1. The lowest BCUT2D eigenvalue weighted by Gasteiger charge is -2.23. The second-order valence-electron chi connectivity index (χ2n) is 7.00. The number of amides is 1. The van der Waals surface area contributed by atoms with Crippen LogP contribution in [-0.4, -0.2) is 25.8 Å². The summed E-state index contributed by atoms with van der Waals surface area (Å²) in [7, 11) is -3.89. The van der Waals surface area contributed by atoms with E-state index in [9.17, 15) is 13.2 Å². The topological polar surface area (TPSA) is 80.5 Å². The molecule has 1 aromatic heterocycles. The van der Waals surface area contributed by atoms with Crippen LogP contribution in [0.1, 0.15) is 31.2 Å². The normalized spacial score (nSPS) is 11.4. The summed E-state index contributed by atoms with van der Waals surface area (Å²) < 4.78 is 23.7. The average Bonchev–Trinajstić information content (AvgIpc) is 3.09. The molecule has 0 radical (unpaired) electrons. The van der Waals surface area contributed by atoms with E-state index < -0.39 is 10.0 Å². The summed E-state index contributed by atoms with van der Waals surface area (Å²) in [6, 6.07) is 18.7. The van der Waals surface area contributed by atoms with Gasteiger partial charge in [0.05, 0.1) is 11.4 Å². The zero-order chi connectivity index (χ0) is 21.0. The van der Waals surface area contributed by atoms with Gasteiger partial charge in [-0.15, -0.1) is 11.3 Å². The van der Waals surface area contributed by atoms with Crippen molar-refractivity contribution in [2.24, 2.45) is 5.14 Å². The molecular weight excluding hydrogens is 404 g/mol. The van der Waals surface area contributed by atoms with E-state index in [1.165, 1.54) is 10.9 Å². The molecule has 0 saturated carbocycles. The maximum absolute atomic E-state index is 13.3. The lowest BCUT2D eigenvalue weighted by Crippen LogP contribution is -2.32. The van der Waals surface area contributed by atoms with Gasteiger partial charge in [-0.1, -0.05) is 36.4 Å². The van der Waals surface area contributed by atoms with Crippen LogP contribution in [0.3, 0.4) is 0 Å². The molecule has 29 heavy (non-hydrogen) atoms. The van der Waals surface area contributed by atoms with E-state index in [4.69, 9.17) is 5.14 Å². The van der Waals surface area contributed by atoms with E-state index in [0.717, 1.165) is 10.4 Å². The Morgan fingerprint density at radius 2 is 1.76 bits per heavy atom. The molecule has 0 aliphatic rings. The third-order valence-corrected chi connectivity index (χ3v) is 6.72. The molecule has 0 spiro atoms. The molecule has 0 aliphatic carbocycles. The number of aryl methyl sites for hydroxylation is 2. The molecule has 3 rings (SSSR count). The van der Waals surface area contributed by atoms with Crippen LogP contribution in [0.2, 0.25) is 0 Å². The van der Waals surface area contributed by atoms with Crippen molar-refractivity contribution in [3.63, 3.8) is 0 Å². The highest BCUT2D eigenvalue weighted by Gasteiger charge is 2.20. The Morgan fingerprint density at radius 1 is 1.03 bits per heavy atom. The average molecular weight is 429 g/mol. The molecule has 0 atom stereocenters. The molecular formula is C22H24N2O3S2. The minimum atomic E-state index is -3.89. The van der Waals surface area contributed by atoms with Crippen LogP contribution in [0.15, 0.2) is 65.6 Å². The van der Waals surface area contributed by atoms with Gasteiger partial charge in [0.25, 0.3) is 5.91 Å². The molecule has 2 aromatic carbocycles. The molecule has 0 saturated heterocycles. The maximum Gasteiger partial charge on any atom is 0.254 e. The monoisotopic (exact) mass is 428 g/mol. The van der Waals surface area contributed by atoms with Crippen LogP contribution in [0.25, 0.3) is 0 Å². The van der Waals surface area contributed by atoms with Crippen LogP contribution in [0.4, 0.5) is 0 Å². The minimum absolute atomic E-state index is 0.0154. The van der Waals surface area contributed by atoms with Gasteiger partial charge < -0.3 is 4.90 Å². The third kappa shape index (κ3) is 5.53. The zero-order valence-corrected chi connectivity index (χ0v) is 18.1. The van der Waals surface area contributed by atoms with Gasteiger partial charge in [-0.2, -0.15) is 0 Å². The molecule has 0 bridgehead atoms. The number of nitrogens with two attached hydrogens (primary N) is 1. The Kier molecular flexibility index (Phi) is 6.52. The van der Waals surface area contributed by atoms with E-state index in [1.807, 2.05) is 49.4 Å². The summed E-state index contributed by atoms with van der Waals surface area (Å²) in [4.78, 5) is 17.3. The summed E-state index contributed by atoms with van der Waals surface area (Å²) in [5, 5.41) is 5.31. The number of benzene rings is 2. The van der Waals surface area contributed by atoms with Crippen molar-refractivity contribution >= 4 is 27.3 Å². The fourth-order valence-corrected chi connectivity index (χ4v) is 4.86. The first-order chi connectivity index (χ1) is 13.7. The Hall–Kier alpha value is -2.48. The maximum atomic E-state index is 13.3. The summed E-state index contributed by atoms with van der Waals surface area (Å²) >= 11 is 1.65. The molecule has 152 valence electrons. The highest BCUT2D eigenvalue weighted by atomic mass is 32.2. The van der Waals surface area contributed by atoms with E-state index >= 15 is 0 Å². The van der Waals surface area contributed by atoms with Crippen LogP contribution in [-0.2, 0) is 23.0 Å². The summed E-state index contributed by atoms with van der Waals surface area (Å²) in [6.45, 7) is 4.69. The molecule has 7 heteroatoms. The van der Waals surface area contributed by atoms with Gasteiger partial charge in [0, 0.05) is 21.9 Å². The van der Waals surface area contributed by atoms with Crippen molar-refractivity contribution in [1.29, 1.82) is 0 Å². The Morgan fingerprint density at radius 3 is 2.38 bits per heavy atom. The molecule has 0 fully saturated rings. The van der Waals surface area contributed by atoms with Crippen LogP contribution >= 0.6 is 11.3 Å². The largest absolute Gasteiger partial charge is 0.333 e. The van der Waals surface area contributed by atoms with Gasteiger partial charge in [0.2, 0.25) is 10.0 Å². The van der Waals surface area contributed by atoms with E-state index in [0.29, 0.717) is 30.6 Å². The zero-order valence-electron chi connectivity index (χ0n) is 16.5. The van der Waals surface area contributed by atoms with Crippen LogP contribution in [0.5, 0.6) is 0 Å². The first-order valence-electron chi connectivity index (χ1n) is 9.26. The fourth-order valence-electron chi connectivity index (χ4n) is 3.14. The number of thiophene rings is 1. The minimum Gasteiger partial charge on any atom is -0.333 e. The number of carbonyl (C=O) groups is 1. The molecule has 3 aromatic rings. The number of rotatable bonds is 7. The lowest BCUT2D eigenvalue weighted by atomic mass is 10.1. The van der Waals surface area contributed by atoms with Crippen LogP contribution in [0, 0.1) is 13.8 Å². The van der Waals surface area contributed by atoms with E-state index in [2.05, 4.69) is 0 Å².